The van der Waals surface area contributed by atoms with Gasteiger partial charge in [0.05, 0.1) is 6.10 Å². The van der Waals surface area contributed by atoms with Gasteiger partial charge in [-0.05, 0) is 47.7 Å². The molecule has 1 unspecified atom stereocenters. The number of thiophene rings is 1. The van der Waals surface area contributed by atoms with E-state index in [1.165, 1.54) is 49.8 Å². The third kappa shape index (κ3) is 3.55. The van der Waals surface area contributed by atoms with E-state index in [9.17, 15) is 5.11 Å². The number of rotatable bonds is 2. The molecule has 0 radical (unpaired) electrons. The van der Waals surface area contributed by atoms with Crippen LogP contribution in [0.3, 0.4) is 0 Å². The van der Waals surface area contributed by atoms with Gasteiger partial charge in [-0.1, -0.05) is 32.1 Å². The van der Waals surface area contributed by atoms with E-state index < -0.39 is 0 Å². The van der Waals surface area contributed by atoms with Gasteiger partial charge in [-0.2, -0.15) is 0 Å². The highest BCUT2D eigenvalue weighted by atomic mass is 79.9. The van der Waals surface area contributed by atoms with Crippen LogP contribution in [0.5, 0.6) is 0 Å². The molecular weight excluding hydrogens is 296 g/mol. The van der Waals surface area contributed by atoms with E-state index in [-0.39, 0.29) is 6.10 Å². The van der Waals surface area contributed by atoms with Gasteiger partial charge in [-0.25, -0.2) is 0 Å². The van der Waals surface area contributed by atoms with Gasteiger partial charge >= 0.3 is 0 Å². The van der Waals surface area contributed by atoms with Gasteiger partial charge in [-0.3, -0.25) is 0 Å². The molecule has 0 aromatic carbocycles. The largest absolute Gasteiger partial charge is 0.387 e. The summed E-state index contributed by atoms with van der Waals surface area (Å²) in [5, 5.41) is 10.5. The normalized spacial score (nSPS) is 20.9. The van der Waals surface area contributed by atoms with Crippen molar-refractivity contribution in [1.29, 1.82) is 0 Å². The van der Waals surface area contributed by atoms with Gasteiger partial charge < -0.3 is 5.11 Å². The van der Waals surface area contributed by atoms with Crippen molar-refractivity contribution >= 4 is 27.3 Å². The highest BCUT2D eigenvalue weighted by molar-refractivity contribution is 9.10. The molecule has 1 aliphatic carbocycles. The van der Waals surface area contributed by atoms with Crippen LogP contribution in [-0.4, -0.2) is 5.11 Å². The molecule has 1 fully saturated rings. The molecule has 2 rings (SSSR count). The van der Waals surface area contributed by atoms with E-state index in [1.807, 2.05) is 0 Å². The first-order chi connectivity index (χ1) is 8.18. The summed E-state index contributed by atoms with van der Waals surface area (Å²) in [6, 6.07) is 2.12. The first-order valence-corrected chi connectivity index (χ1v) is 8.23. The van der Waals surface area contributed by atoms with Crippen molar-refractivity contribution in [2.45, 2.75) is 58.0 Å². The number of aliphatic hydroxyl groups excluding tert-OH is 1. The van der Waals surface area contributed by atoms with E-state index in [0.717, 1.165) is 9.35 Å². The van der Waals surface area contributed by atoms with Crippen molar-refractivity contribution in [3.8, 4) is 0 Å². The molecule has 1 atom stereocenters. The smallest absolute Gasteiger partial charge is 0.0921 e. The van der Waals surface area contributed by atoms with Crippen LogP contribution in [0.25, 0.3) is 0 Å². The Balaban J connectivity index is 2.06. The van der Waals surface area contributed by atoms with E-state index in [2.05, 4.69) is 28.9 Å². The van der Waals surface area contributed by atoms with Gasteiger partial charge in [0.2, 0.25) is 0 Å². The topological polar surface area (TPSA) is 20.2 Å². The summed E-state index contributed by atoms with van der Waals surface area (Å²) < 4.78 is 1.09. The Hall–Kier alpha value is 0.140. The summed E-state index contributed by atoms with van der Waals surface area (Å²) in [6.45, 7) is 2.10. The Bertz CT molecular complexity index is 353. The Kier molecular flexibility index (Phi) is 5.07. The predicted octanol–water partition coefficient (Wildman–Crippen LogP) is 5.21. The SMILES string of the molecule is Cc1cc(Br)c(C(O)C2CCCCCCC2)s1. The van der Waals surface area contributed by atoms with Crippen LogP contribution in [0.1, 0.15) is 60.8 Å². The number of aliphatic hydroxyl groups is 1. The van der Waals surface area contributed by atoms with E-state index in [1.54, 1.807) is 11.3 Å². The zero-order valence-electron chi connectivity index (χ0n) is 10.4. The summed E-state index contributed by atoms with van der Waals surface area (Å²) in [4.78, 5) is 2.41. The summed E-state index contributed by atoms with van der Waals surface area (Å²) in [6.07, 6.45) is 8.73. The van der Waals surface area contributed by atoms with Crippen molar-refractivity contribution < 1.29 is 5.11 Å². The van der Waals surface area contributed by atoms with Crippen molar-refractivity contribution in [2.75, 3.05) is 0 Å². The van der Waals surface area contributed by atoms with Gasteiger partial charge in [0.15, 0.2) is 0 Å². The minimum absolute atomic E-state index is 0.263. The molecule has 1 heterocycles. The molecule has 0 spiro atoms. The fourth-order valence-corrected chi connectivity index (χ4v) is 4.69. The van der Waals surface area contributed by atoms with Crippen molar-refractivity contribution in [3.63, 3.8) is 0 Å². The second-order valence-corrected chi connectivity index (χ2v) is 7.26. The maximum absolute atomic E-state index is 10.5. The van der Waals surface area contributed by atoms with E-state index in [0.29, 0.717) is 5.92 Å². The zero-order chi connectivity index (χ0) is 12.3. The first-order valence-electron chi connectivity index (χ1n) is 6.62. The molecule has 96 valence electrons. The Morgan fingerprint density at radius 1 is 1.24 bits per heavy atom. The summed E-state index contributed by atoms with van der Waals surface area (Å²) in [5.41, 5.74) is 0. The standard InChI is InChI=1S/C14H21BrOS/c1-10-9-12(15)14(17-10)13(16)11-7-5-3-2-4-6-8-11/h9,11,13,16H,2-8H2,1H3. The Morgan fingerprint density at radius 2 is 1.82 bits per heavy atom. The molecule has 1 N–H and O–H groups in total. The molecule has 1 saturated carbocycles. The Morgan fingerprint density at radius 3 is 2.35 bits per heavy atom. The Labute approximate surface area is 116 Å². The quantitative estimate of drug-likeness (QED) is 0.793. The monoisotopic (exact) mass is 316 g/mol. The van der Waals surface area contributed by atoms with Crippen LogP contribution in [0.4, 0.5) is 0 Å². The van der Waals surface area contributed by atoms with Crippen LogP contribution in [0.2, 0.25) is 0 Å². The van der Waals surface area contributed by atoms with Crippen LogP contribution in [0, 0.1) is 12.8 Å². The molecule has 1 nitrogen and oxygen atoms in total. The minimum atomic E-state index is -0.263. The molecule has 0 saturated heterocycles. The fraction of sp³-hybridized carbons (Fsp3) is 0.714. The maximum Gasteiger partial charge on any atom is 0.0921 e. The van der Waals surface area contributed by atoms with Crippen molar-refractivity contribution in [1.82, 2.24) is 0 Å². The molecule has 1 aromatic heterocycles. The van der Waals surface area contributed by atoms with Gasteiger partial charge in [0.25, 0.3) is 0 Å². The van der Waals surface area contributed by atoms with E-state index >= 15 is 0 Å². The number of aryl methyl sites for hydroxylation is 1. The first kappa shape index (κ1) is 13.6. The molecular formula is C14H21BrOS. The third-order valence-corrected chi connectivity index (χ3v) is 5.74. The van der Waals surface area contributed by atoms with E-state index in [4.69, 9.17) is 0 Å². The molecule has 3 heteroatoms. The van der Waals surface area contributed by atoms with Crippen LogP contribution >= 0.6 is 27.3 Å². The van der Waals surface area contributed by atoms with Crippen molar-refractivity contribution in [3.05, 3.63) is 20.3 Å². The molecule has 1 aromatic rings. The average Bonchev–Trinajstić information content (AvgIpc) is 2.56. The number of hydrogen-bond acceptors (Lipinski definition) is 2. The molecule has 0 bridgehead atoms. The fourth-order valence-electron chi connectivity index (χ4n) is 2.72. The highest BCUT2D eigenvalue weighted by Gasteiger charge is 2.24. The molecule has 0 aliphatic heterocycles. The molecule has 0 amide bonds. The second kappa shape index (κ2) is 6.35. The predicted molar refractivity (Wildman–Crippen MR) is 77.5 cm³/mol. The highest BCUT2D eigenvalue weighted by Crippen LogP contribution is 2.39. The lowest BCUT2D eigenvalue weighted by atomic mass is 9.87. The third-order valence-electron chi connectivity index (χ3n) is 3.70. The van der Waals surface area contributed by atoms with Gasteiger partial charge in [0, 0.05) is 14.2 Å². The maximum atomic E-state index is 10.5. The van der Waals surface area contributed by atoms with Crippen LogP contribution in [0.15, 0.2) is 10.5 Å². The average molecular weight is 317 g/mol. The minimum Gasteiger partial charge on any atom is -0.387 e. The number of hydrogen-bond donors (Lipinski definition) is 1. The second-order valence-electron chi connectivity index (χ2n) is 5.12. The van der Waals surface area contributed by atoms with Gasteiger partial charge in [0.1, 0.15) is 0 Å². The summed E-state index contributed by atoms with van der Waals surface area (Å²) in [5.74, 6) is 0.463. The number of halogens is 1. The molecule has 17 heavy (non-hydrogen) atoms. The summed E-state index contributed by atoms with van der Waals surface area (Å²) >= 11 is 5.30. The lowest BCUT2D eigenvalue weighted by Crippen LogP contribution is -2.13. The summed E-state index contributed by atoms with van der Waals surface area (Å²) in [7, 11) is 0. The van der Waals surface area contributed by atoms with Gasteiger partial charge in [-0.15, -0.1) is 11.3 Å². The van der Waals surface area contributed by atoms with Crippen molar-refractivity contribution in [2.24, 2.45) is 5.92 Å². The van der Waals surface area contributed by atoms with Crippen LogP contribution in [-0.2, 0) is 0 Å². The lowest BCUT2D eigenvalue weighted by molar-refractivity contribution is 0.0939. The molecule has 1 aliphatic rings. The van der Waals surface area contributed by atoms with Crippen LogP contribution < -0.4 is 0 Å². The lowest BCUT2D eigenvalue weighted by Gasteiger charge is -2.24. The zero-order valence-corrected chi connectivity index (χ0v) is 12.8.